The Bertz CT molecular complexity index is 911. The van der Waals surface area contributed by atoms with Crippen LogP contribution in [0.3, 0.4) is 0 Å². The molecule has 0 atom stereocenters. The molecule has 0 bridgehead atoms. The summed E-state index contributed by atoms with van der Waals surface area (Å²) in [5.41, 5.74) is 3.42. The van der Waals surface area contributed by atoms with Crippen LogP contribution in [0.2, 0.25) is 5.02 Å². The summed E-state index contributed by atoms with van der Waals surface area (Å²) < 4.78 is 0. The van der Waals surface area contributed by atoms with Gasteiger partial charge in [-0.1, -0.05) is 41.9 Å². The van der Waals surface area contributed by atoms with Gasteiger partial charge < -0.3 is 10.3 Å². The monoisotopic (exact) mass is 381 g/mol. The van der Waals surface area contributed by atoms with E-state index in [0.29, 0.717) is 6.42 Å². The number of likely N-dealkylation sites (tertiary alicyclic amines) is 1. The zero-order valence-corrected chi connectivity index (χ0v) is 16.0. The molecule has 1 aromatic heterocycles. The summed E-state index contributed by atoms with van der Waals surface area (Å²) in [7, 11) is 0. The van der Waals surface area contributed by atoms with Crippen molar-refractivity contribution < 1.29 is 4.79 Å². The standard InChI is InChI=1S/C22H24ClN3O/c23-18-7-5-16(6-8-18)15-26-11-9-19(10-12-26)25-22(27)13-17-14-24-21-4-2-1-3-20(17)21/h1-8,14,19,24H,9-13,15H2,(H,25,27). The average Bonchev–Trinajstić information content (AvgIpc) is 3.08. The lowest BCUT2D eigenvalue weighted by Gasteiger charge is -2.32. The Kier molecular flexibility index (Phi) is 5.46. The quantitative estimate of drug-likeness (QED) is 0.697. The SMILES string of the molecule is O=C(Cc1c[nH]c2ccccc12)NC1CCN(Cc2ccc(Cl)cc2)CC1. The highest BCUT2D eigenvalue weighted by Gasteiger charge is 2.21. The van der Waals surface area contributed by atoms with Crippen LogP contribution in [0.4, 0.5) is 0 Å². The fourth-order valence-electron chi connectivity index (χ4n) is 3.81. The van der Waals surface area contributed by atoms with Crippen LogP contribution in [0.5, 0.6) is 0 Å². The van der Waals surface area contributed by atoms with Gasteiger partial charge >= 0.3 is 0 Å². The second-order valence-electron chi connectivity index (χ2n) is 7.28. The van der Waals surface area contributed by atoms with Crippen molar-refractivity contribution in [3.8, 4) is 0 Å². The summed E-state index contributed by atoms with van der Waals surface area (Å²) in [5.74, 6) is 0.107. The van der Waals surface area contributed by atoms with Gasteiger partial charge in [-0.2, -0.15) is 0 Å². The van der Waals surface area contributed by atoms with E-state index in [-0.39, 0.29) is 11.9 Å². The van der Waals surface area contributed by atoms with Crippen molar-refractivity contribution in [2.45, 2.75) is 31.8 Å². The molecule has 1 saturated heterocycles. The fraction of sp³-hybridized carbons (Fsp3) is 0.318. The first-order valence-electron chi connectivity index (χ1n) is 9.48. The summed E-state index contributed by atoms with van der Waals surface area (Å²) in [6.45, 7) is 2.94. The molecule has 1 fully saturated rings. The first-order valence-corrected chi connectivity index (χ1v) is 9.86. The number of hydrogen-bond donors (Lipinski definition) is 2. The average molecular weight is 382 g/mol. The van der Waals surface area contributed by atoms with Gasteiger partial charge in [-0.15, -0.1) is 0 Å². The van der Waals surface area contributed by atoms with E-state index >= 15 is 0 Å². The molecule has 1 amide bonds. The molecule has 5 heteroatoms. The Morgan fingerprint density at radius 3 is 2.63 bits per heavy atom. The highest BCUT2D eigenvalue weighted by atomic mass is 35.5. The van der Waals surface area contributed by atoms with Gasteiger partial charge in [0.15, 0.2) is 0 Å². The molecule has 1 aliphatic rings. The molecule has 0 saturated carbocycles. The van der Waals surface area contributed by atoms with Gasteiger partial charge in [0.25, 0.3) is 0 Å². The molecule has 4 rings (SSSR count). The largest absolute Gasteiger partial charge is 0.361 e. The van der Waals surface area contributed by atoms with E-state index < -0.39 is 0 Å². The summed E-state index contributed by atoms with van der Waals surface area (Å²) in [4.78, 5) is 18.1. The van der Waals surface area contributed by atoms with Gasteiger partial charge in [0.1, 0.15) is 0 Å². The number of amides is 1. The maximum Gasteiger partial charge on any atom is 0.224 e. The molecule has 2 aromatic carbocycles. The van der Waals surface area contributed by atoms with Crippen LogP contribution in [-0.2, 0) is 17.8 Å². The van der Waals surface area contributed by atoms with Crippen LogP contribution in [0.1, 0.15) is 24.0 Å². The van der Waals surface area contributed by atoms with Gasteiger partial charge in [-0.3, -0.25) is 9.69 Å². The third-order valence-electron chi connectivity index (χ3n) is 5.30. The number of piperidine rings is 1. The first kappa shape index (κ1) is 18.1. The minimum atomic E-state index is 0.107. The predicted octanol–water partition coefficient (Wildman–Crippen LogP) is 4.14. The molecule has 1 aliphatic heterocycles. The molecule has 0 radical (unpaired) electrons. The molecular weight excluding hydrogens is 358 g/mol. The number of nitrogens with zero attached hydrogens (tertiary/aromatic N) is 1. The van der Waals surface area contributed by atoms with Gasteiger partial charge in [-0.05, 0) is 42.2 Å². The molecule has 0 spiro atoms. The van der Waals surface area contributed by atoms with Crippen molar-refractivity contribution in [1.82, 2.24) is 15.2 Å². The highest BCUT2D eigenvalue weighted by molar-refractivity contribution is 6.30. The molecule has 2 N–H and O–H groups in total. The van der Waals surface area contributed by atoms with E-state index in [4.69, 9.17) is 11.6 Å². The van der Waals surface area contributed by atoms with E-state index in [1.54, 1.807) is 0 Å². The number of hydrogen-bond acceptors (Lipinski definition) is 2. The number of fused-ring (bicyclic) bond motifs is 1. The Hall–Kier alpha value is -2.30. The Labute approximate surface area is 164 Å². The van der Waals surface area contributed by atoms with E-state index in [1.165, 1.54) is 5.56 Å². The lowest BCUT2D eigenvalue weighted by atomic mass is 10.0. The number of carbonyl (C=O) groups excluding carboxylic acids is 1. The summed E-state index contributed by atoms with van der Waals surface area (Å²) in [5, 5.41) is 5.12. The number of aromatic amines is 1. The number of halogens is 1. The van der Waals surface area contributed by atoms with Gasteiger partial charge in [0, 0.05) is 47.8 Å². The molecule has 0 unspecified atom stereocenters. The number of rotatable bonds is 5. The zero-order chi connectivity index (χ0) is 18.6. The predicted molar refractivity (Wildman–Crippen MR) is 110 cm³/mol. The topological polar surface area (TPSA) is 48.1 Å². The first-order chi connectivity index (χ1) is 13.2. The lowest BCUT2D eigenvalue weighted by Crippen LogP contribution is -2.44. The van der Waals surface area contributed by atoms with E-state index in [1.807, 2.05) is 36.5 Å². The lowest BCUT2D eigenvalue weighted by molar-refractivity contribution is -0.121. The van der Waals surface area contributed by atoms with Crippen LogP contribution in [0.15, 0.2) is 54.7 Å². The molecule has 2 heterocycles. The number of aromatic nitrogens is 1. The normalized spacial score (nSPS) is 15.9. The van der Waals surface area contributed by atoms with Crippen molar-refractivity contribution in [2.75, 3.05) is 13.1 Å². The second-order valence-corrected chi connectivity index (χ2v) is 7.72. The van der Waals surface area contributed by atoms with Crippen molar-refractivity contribution in [2.24, 2.45) is 0 Å². The van der Waals surface area contributed by atoms with Crippen molar-refractivity contribution in [3.63, 3.8) is 0 Å². The number of para-hydroxylation sites is 1. The molecule has 3 aromatic rings. The van der Waals surface area contributed by atoms with E-state index in [0.717, 1.165) is 54.0 Å². The number of H-pyrrole nitrogens is 1. The van der Waals surface area contributed by atoms with Crippen LogP contribution < -0.4 is 5.32 Å². The van der Waals surface area contributed by atoms with Gasteiger partial charge in [0.2, 0.25) is 5.91 Å². The molecule has 0 aliphatic carbocycles. The Balaban J connectivity index is 1.26. The zero-order valence-electron chi connectivity index (χ0n) is 15.2. The van der Waals surface area contributed by atoms with Crippen molar-refractivity contribution in [1.29, 1.82) is 0 Å². The minimum Gasteiger partial charge on any atom is -0.361 e. The molecule has 27 heavy (non-hydrogen) atoms. The third-order valence-corrected chi connectivity index (χ3v) is 5.55. The Morgan fingerprint density at radius 2 is 1.85 bits per heavy atom. The fourth-order valence-corrected chi connectivity index (χ4v) is 3.94. The van der Waals surface area contributed by atoms with Gasteiger partial charge in [0.05, 0.1) is 6.42 Å². The van der Waals surface area contributed by atoms with Crippen LogP contribution >= 0.6 is 11.6 Å². The summed E-state index contributed by atoms with van der Waals surface area (Å²) in [6, 6.07) is 16.4. The molecule has 140 valence electrons. The molecular formula is C22H24ClN3O. The molecule has 4 nitrogen and oxygen atoms in total. The summed E-state index contributed by atoms with van der Waals surface area (Å²) in [6.07, 6.45) is 4.36. The summed E-state index contributed by atoms with van der Waals surface area (Å²) >= 11 is 5.95. The number of carbonyl (C=O) groups is 1. The van der Waals surface area contributed by atoms with Crippen LogP contribution in [-0.4, -0.2) is 34.9 Å². The number of benzene rings is 2. The highest BCUT2D eigenvalue weighted by Crippen LogP contribution is 2.19. The van der Waals surface area contributed by atoms with E-state index in [2.05, 4.69) is 33.4 Å². The van der Waals surface area contributed by atoms with Crippen molar-refractivity contribution >= 4 is 28.4 Å². The minimum absolute atomic E-state index is 0.107. The third kappa shape index (κ3) is 4.52. The van der Waals surface area contributed by atoms with Gasteiger partial charge in [-0.25, -0.2) is 0 Å². The van der Waals surface area contributed by atoms with E-state index in [9.17, 15) is 4.79 Å². The maximum atomic E-state index is 12.5. The smallest absolute Gasteiger partial charge is 0.224 e. The second kappa shape index (κ2) is 8.15. The maximum absolute atomic E-state index is 12.5. The van der Waals surface area contributed by atoms with Crippen molar-refractivity contribution in [3.05, 3.63) is 70.9 Å². The van der Waals surface area contributed by atoms with Crippen LogP contribution in [0.25, 0.3) is 10.9 Å². The number of nitrogens with one attached hydrogen (secondary N) is 2. The Morgan fingerprint density at radius 1 is 1.11 bits per heavy atom. The van der Waals surface area contributed by atoms with Crippen LogP contribution in [0, 0.1) is 0 Å².